The van der Waals surface area contributed by atoms with Gasteiger partial charge in [-0.25, -0.2) is 4.79 Å². The van der Waals surface area contributed by atoms with Crippen molar-refractivity contribution >= 4 is 11.9 Å². The Morgan fingerprint density at radius 2 is 1.95 bits per heavy atom. The molecule has 102 valence electrons. The highest BCUT2D eigenvalue weighted by Gasteiger charge is 2.22. The Morgan fingerprint density at radius 1 is 1.26 bits per heavy atom. The van der Waals surface area contributed by atoms with Crippen LogP contribution in [0.15, 0.2) is 24.3 Å². The molecule has 1 aliphatic rings. The van der Waals surface area contributed by atoms with Crippen LogP contribution in [0.4, 0.5) is 4.79 Å². The molecule has 2 rings (SSSR count). The third kappa shape index (κ3) is 3.56. The minimum Gasteiger partial charge on any atom is -0.410 e. The number of carbonyl (C=O) groups excluding carboxylic acids is 2. The van der Waals surface area contributed by atoms with Gasteiger partial charge in [-0.3, -0.25) is 4.79 Å². The molecule has 1 heterocycles. The number of ketones is 1. The Bertz CT molecular complexity index is 472. The molecule has 0 spiro atoms. The molecule has 1 amide bonds. The Labute approximate surface area is 113 Å². The van der Waals surface area contributed by atoms with Gasteiger partial charge in [0.05, 0.1) is 0 Å². The summed E-state index contributed by atoms with van der Waals surface area (Å²) in [5, 5.41) is 0. The summed E-state index contributed by atoms with van der Waals surface area (Å²) in [6.45, 7) is 5.11. The predicted octanol–water partition coefficient (Wildman–Crippen LogP) is 2.97. The van der Waals surface area contributed by atoms with Gasteiger partial charge < -0.3 is 9.64 Å². The second kappa shape index (κ2) is 5.87. The molecule has 1 aliphatic heterocycles. The first kappa shape index (κ1) is 13.6. The molecule has 1 fully saturated rings. The van der Waals surface area contributed by atoms with Crippen molar-refractivity contribution in [2.24, 2.45) is 0 Å². The number of hydrogen-bond acceptors (Lipinski definition) is 3. The van der Waals surface area contributed by atoms with Crippen LogP contribution in [-0.2, 0) is 4.79 Å². The van der Waals surface area contributed by atoms with Crippen molar-refractivity contribution < 1.29 is 14.3 Å². The van der Waals surface area contributed by atoms with E-state index < -0.39 is 0 Å². The molecule has 1 aromatic rings. The second-order valence-corrected chi connectivity index (χ2v) is 5.12. The van der Waals surface area contributed by atoms with E-state index >= 15 is 0 Å². The summed E-state index contributed by atoms with van der Waals surface area (Å²) >= 11 is 0. The first-order valence-corrected chi connectivity index (χ1v) is 6.64. The lowest BCUT2D eigenvalue weighted by Crippen LogP contribution is -2.40. The quantitative estimate of drug-likeness (QED) is 0.822. The summed E-state index contributed by atoms with van der Waals surface area (Å²) in [6, 6.07) is 7.57. The molecule has 4 heteroatoms. The zero-order chi connectivity index (χ0) is 13.8. The van der Waals surface area contributed by atoms with E-state index in [1.165, 1.54) is 0 Å². The van der Waals surface area contributed by atoms with Gasteiger partial charge in [-0.2, -0.15) is 0 Å². The number of piperidine rings is 1. The van der Waals surface area contributed by atoms with Gasteiger partial charge in [0.25, 0.3) is 0 Å². The fourth-order valence-electron chi connectivity index (χ4n) is 2.04. The van der Waals surface area contributed by atoms with Crippen molar-refractivity contribution in [1.82, 2.24) is 4.90 Å². The minimum absolute atomic E-state index is 0.214. The summed E-state index contributed by atoms with van der Waals surface area (Å²) in [4.78, 5) is 24.7. The van der Waals surface area contributed by atoms with Gasteiger partial charge in [-0.1, -0.05) is 26.0 Å². The molecule has 1 aromatic carbocycles. The van der Waals surface area contributed by atoms with E-state index in [1.54, 1.807) is 11.0 Å². The molecule has 0 unspecified atom stereocenters. The van der Waals surface area contributed by atoms with Crippen molar-refractivity contribution in [1.29, 1.82) is 0 Å². The molecular weight excluding hydrogens is 242 g/mol. The summed E-state index contributed by atoms with van der Waals surface area (Å²) in [6.07, 6.45) is 0.496. The summed E-state index contributed by atoms with van der Waals surface area (Å²) in [5.41, 5.74) is 1.14. The van der Waals surface area contributed by atoms with E-state index in [9.17, 15) is 9.59 Å². The molecule has 0 N–H and O–H groups in total. The van der Waals surface area contributed by atoms with E-state index in [0.717, 1.165) is 5.56 Å². The molecule has 0 bridgehead atoms. The average molecular weight is 261 g/mol. The highest BCUT2D eigenvalue weighted by atomic mass is 16.6. The predicted molar refractivity (Wildman–Crippen MR) is 72.4 cm³/mol. The maximum Gasteiger partial charge on any atom is 0.415 e. The Kier molecular flexibility index (Phi) is 4.20. The number of nitrogens with zero attached hydrogens (tertiary/aromatic N) is 1. The zero-order valence-corrected chi connectivity index (χ0v) is 11.4. The van der Waals surface area contributed by atoms with Gasteiger partial charge >= 0.3 is 6.09 Å². The number of likely N-dealkylation sites (tertiary alicyclic amines) is 1. The monoisotopic (exact) mass is 261 g/mol. The van der Waals surface area contributed by atoms with Crippen molar-refractivity contribution in [2.75, 3.05) is 13.1 Å². The lowest BCUT2D eigenvalue weighted by molar-refractivity contribution is -0.121. The average Bonchev–Trinajstić information content (AvgIpc) is 2.39. The van der Waals surface area contributed by atoms with E-state index in [1.807, 2.05) is 18.2 Å². The van der Waals surface area contributed by atoms with Crippen LogP contribution in [-0.4, -0.2) is 29.9 Å². The Hall–Kier alpha value is -1.84. The molecule has 19 heavy (non-hydrogen) atoms. The second-order valence-electron chi connectivity index (χ2n) is 5.12. The van der Waals surface area contributed by atoms with E-state index in [-0.39, 0.29) is 11.9 Å². The molecule has 0 atom stereocenters. The van der Waals surface area contributed by atoms with Gasteiger partial charge in [0.15, 0.2) is 0 Å². The van der Waals surface area contributed by atoms with Gasteiger partial charge in [0.1, 0.15) is 11.5 Å². The van der Waals surface area contributed by atoms with Crippen molar-refractivity contribution in [2.45, 2.75) is 32.6 Å². The number of benzene rings is 1. The Balaban J connectivity index is 1.98. The highest BCUT2D eigenvalue weighted by Crippen LogP contribution is 2.21. The molecule has 0 aliphatic carbocycles. The third-order valence-corrected chi connectivity index (χ3v) is 3.31. The first-order valence-electron chi connectivity index (χ1n) is 6.64. The Morgan fingerprint density at radius 3 is 2.58 bits per heavy atom. The maximum absolute atomic E-state index is 11.9. The fourth-order valence-corrected chi connectivity index (χ4v) is 2.04. The van der Waals surface area contributed by atoms with Crippen LogP contribution in [0.25, 0.3) is 0 Å². The van der Waals surface area contributed by atoms with Gasteiger partial charge in [-0.15, -0.1) is 0 Å². The summed E-state index contributed by atoms with van der Waals surface area (Å²) in [5.74, 6) is 1.17. The number of amides is 1. The smallest absolute Gasteiger partial charge is 0.410 e. The standard InChI is InChI=1S/C15H19NO3/c1-11(2)12-4-3-5-14(10-12)19-15(18)16-8-6-13(17)7-9-16/h3-5,10-11H,6-9H2,1-2H3. The van der Waals surface area contributed by atoms with Gasteiger partial charge in [-0.05, 0) is 23.6 Å². The number of carbonyl (C=O) groups is 2. The zero-order valence-electron chi connectivity index (χ0n) is 11.4. The minimum atomic E-state index is -0.367. The SMILES string of the molecule is CC(C)c1cccc(OC(=O)N2CCC(=O)CC2)c1. The molecule has 0 saturated carbocycles. The van der Waals surface area contributed by atoms with Crippen LogP contribution in [0.5, 0.6) is 5.75 Å². The number of hydrogen-bond donors (Lipinski definition) is 0. The molecular formula is C15H19NO3. The van der Waals surface area contributed by atoms with Crippen LogP contribution < -0.4 is 4.74 Å². The summed E-state index contributed by atoms with van der Waals surface area (Å²) < 4.78 is 5.36. The highest BCUT2D eigenvalue weighted by molar-refractivity contribution is 5.81. The molecule has 0 radical (unpaired) electrons. The maximum atomic E-state index is 11.9. The number of Topliss-reactive ketones (excluding diaryl/α,β-unsaturated/α-hetero) is 1. The van der Waals surface area contributed by atoms with Crippen LogP contribution in [0.2, 0.25) is 0 Å². The molecule has 1 saturated heterocycles. The normalized spacial score (nSPS) is 15.7. The molecule has 0 aromatic heterocycles. The van der Waals surface area contributed by atoms with Crippen LogP contribution in [0.1, 0.15) is 38.2 Å². The molecule has 4 nitrogen and oxygen atoms in total. The van der Waals surface area contributed by atoms with Crippen LogP contribution in [0.3, 0.4) is 0 Å². The van der Waals surface area contributed by atoms with E-state index in [4.69, 9.17) is 4.74 Å². The van der Waals surface area contributed by atoms with Crippen molar-refractivity contribution in [3.63, 3.8) is 0 Å². The van der Waals surface area contributed by atoms with Crippen LogP contribution in [0, 0.1) is 0 Å². The van der Waals surface area contributed by atoms with Crippen molar-refractivity contribution in [3.05, 3.63) is 29.8 Å². The lowest BCUT2D eigenvalue weighted by atomic mass is 10.0. The third-order valence-electron chi connectivity index (χ3n) is 3.31. The largest absolute Gasteiger partial charge is 0.415 e. The number of ether oxygens (including phenoxy) is 1. The van der Waals surface area contributed by atoms with Gasteiger partial charge in [0, 0.05) is 25.9 Å². The number of rotatable bonds is 2. The van der Waals surface area contributed by atoms with Crippen LogP contribution >= 0.6 is 0 Å². The van der Waals surface area contributed by atoms with Crippen molar-refractivity contribution in [3.8, 4) is 5.75 Å². The topological polar surface area (TPSA) is 46.6 Å². The fraction of sp³-hybridized carbons (Fsp3) is 0.467. The first-order chi connectivity index (χ1) is 9.06. The summed E-state index contributed by atoms with van der Waals surface area (Å²) in [7, 11) is 0. The van der Waals surface area contributed by atoms with E-state index in [0.29, 0.717) is 37.6 Å². The van der Waals surface area contributed by atoms with Gasteiger partial charge in [0.2, 0.25) is 0 Å². The lowest BCUT2D eigenvalue weighted by Gasteiger charge is -2.25. The van der Waals surface area contributed by atoms with E-state index in [2.05, 4.69) is 13.8 Å².